The Morgan fingerprint density at radius 1 is 1.41 bits per heavy atom. The van der Waals surface area contributed by atoms with Crippen LogP contribution in [0.2, 0.25) is 0 Å². The van der Waals surface area contributed by atoms with E-state index in [1.165, 1.54) is 4.31 Å². The highest BCUT2D eigenvalue weighted by Gasteiger charge is 2.21. The van der Waals surface area contributed by atoms with E-state index < -0.39 is 16.1 Å². The van der Waals surface area contributed by atoms with Gasteiger partial charge in [-0.3, -0.25) is 9.58 Å². The third-order valence-electron chi connectivity index (χ3n) is 3.84. The number of hydrogen-bond acceptors (Lipinski definition) is 6. The van der Waals surface area contributed by atoms with E-state index in [0.717, 1.165) is 12.2 Å². The van der Waals surface area contributed by atoms with Crippen LogP contribution >= 0.6 is 0 Å². The van der Waals surface area contributed by atoms with E-state index in [0.29, 0.717) is 31.7 Å². The zero-order chi connectivity index (χ0) is 16.3. The smallest absolute Gasteiger partial charge is 0.213 e. The minimum atomic E-state index is -3.14. The summed E-state index contributed by atoms with van der Waals surface area (Å²) in [5.74, 6) is 0.143. The largest absolute Gasteiger partial charge is 0.393 e. The van der Waals surface area contributed by atoms with Crippen molar-refractivity contribution in [3.8, 4) is 0 Å². The summed E-state index contributed by atoms with van der Waals surface area (Å²) in [6.07, 6.45) is -0.363. The van der Waals surface area contributed by atoms with Crippen molar-refractivity contribution in [3.05, 3.63) is 17.5 Å². The predicted octanol–water partition coefficient (Wildman–Crippen LogP) is -0.994. The molecule has 1 atom stereocenters. The van der Waals surface area contributed by atoms with Crippen molar-refractivity contribution in [2.24, 2.45) is 0 Å². The third kappa shape index (κ3) is 4.05. The number of aliphatic hydroxyl groups excluding tert-OH is 2. The quantitative estimate of drug-likeness (QED) is 0.665. The number of fused-ring (bicyclic) bond motifs is 1. The Hall–Kier alpha value is -1.00. The maximum atomic E-state index is 11.7. The first-order chi connectivity index (χ1) is 10.3. The van der Waals surface area contributed by atoms with Gasteiger partial charge in [-0.05, 0) is 19.0 Å². The lowest BCUT2D eigenvalue weighted by molar-refractivity contribution is 0.0915. The molecule has 2 heterocycles. The second-order valence-electron chi connectivity index (χ2n) is 5.71. The summed E-state index contributed by atoms with van der Waals surface area (Å²) in [7, 11) is -0.0529. The molecule has 1 aromatic heterocycles. The van der Waals surface area contributed by atoms with E-state index >= 15 is 0 Å². The van der Waals surface area contributed by atoms with Crippen molar-refractivity contribution in [2.75, 3.05) is 39.5 Å². The van der Waals surface area contributed by atoms with Gasteiger partial charge in [0.15, 0.2) is 0 Å². The summed E-state index contributed by atoms with van der Waals surface area (Å²) in [5, 5.41) is 22.9. The fraction of sp³-hybridized carbons (Fsp3) is 0.769. The Labute approximate surface area is 131 Å². The highest BCUT2D eigenvalue weighted by Crippen LogP contribution is 2.18. The van der Waals surface area contributed by atoms with Gasteiger partial charge in [-0.2, -0.15) is 5.10 Å². The first kappa shape index (κ1) is 17.4. The first-order valence-electron chi connectivity index (χ1n) is 7.31. The van der Waals surface area contributed by atoms with Gasteiger partial charge in [-0.15, -0.1) is 0 Å². The molecule has 0 aliphatic carbocycles. The van der Waals surface area contributed by atoms with Crippen LogP contribution in [0.3, 0.4) is 0 Å². The van der Waals surface area contributed by atoms with Crippen LogP contribution in [-0.2, 0) is 23.1 Å². The van der Waals surface area contributed by atoms with E-state index in [-0.39, 0.29) is 12.4 Å². The van der Waals surface area contributed by atoms with Crippen LogP contribution in [0.5, 0.6) is 0 Å². The average Bonchev–Trinajstić information content (AvgIpc) is 2.89. The number of nitrogens with zero attached hydrogens (tertiary/aromatic N) is 4. The fourth-order valence-electron chi connectivity index (χ4n) is 2.44. The Bertz CT molecular complexity index is 599. The lowest BCUT2D eigenvalue weighted by atomic mass is 10.2. The zero-order valence-corrected chi connectivity index (χ0v) is 13.8. The Morgan fingerprint density at radius 2 is 2.14 bits per heavy atom. The molecule has 0 unspecified atom stereocenters. The normalized spacial score (nSPS) is 17.7. The zero-order valence-electron chi connectivity index (χ0n) is 13.0. The average molecular weight is 332 g/mol. The molecule has 0 aromatic carbocycles. The number of aromatic nitrogens is 2. The summed E-state index contributed by atoms with van der Waals surface area (Å²) in [6, 6.07) is 1.80. The number of rotatable bonds is 7. The molecular formula is C13H24N4O4S. The molecule has 0 saturated heterocycles. The molecule has 0 saturated carbocycles. The molecular weight excluding hydrogens is 308 g/mol. The van der Waals surface area contributed by atoms with Gasteiger partial charge >= 0.3 is 0 Å². The van der Waals surface area contributed by atoms with Crippen molar-refractivity contribution < 1.29 is 18.6 Å². The van der Waals surface area contributed by atoms with Crippen LogP contribution in [-0.4, -0.2) is 77.2 Å². The van der Waals surface area contributed by atoms with Crippen molar-refractivity contribution in [1.29, 1.82) is 0 Å². The summed E-state index contributed by atoms with van der Waals surface area (Å²) in [5.41, 5.74) is 1.46. The molecule has 1 aromatic rings. The van der Waals surface area contributed by atoms with E-state index in [4.69, 9.17) is 5.11 Å². The maximum absolute atomic E-state index is 11.7. The number of hydrogen-bond donors (Lipinski definition) is 2. The lowest BCUT2D eigenvalue weighted by Gasteiger charge is -2.27. The van der Waals surface area contributed by atoms with Crippen LogP contribution in [0, 0.1) is 0 Å². The molecule has 0 spiro atoms. The van der Waals surface area contributed by atoms with Gasteiger partial charge in [-0.25, -0.2) is 12.7 Å². The minimum absolute atomic E-state index is 0.143. The van der Waals surface area contributed by atoms with Crippen LogP contribution < -0.4 is 0 Å². The molecule has 1 aliphatic heterocycles. The highest BCUT2D eigenvalue weighted by atomic mass is 32.2. The van der Waals surface area contributed by atoms with Crippen molar-refractivity contribution in [1.82, 2.24) is 19.0 Å². The van der Waals surface area contributed by atoms with Gasteiger partial charge in [-0.1, -0.05) is 0 Å². The van der Waals surface area contributed by atoms with Gasteiger partial charge in [0.05, 0.1) is 30.3 Å². The third-order valence-corrected chi connectivity index (χ3v) is 5.76. The van der Waals surface area contributed by atoms with E-state index in [9.17, 15) is 13.5 Å². The summed E-state index contributed by atoms with van der Waals surface area (Å²) >= 11 is 0. The van der Waals surface area contributed by atoms with E-state index in [2.05, 4.69) is 10.00 Å². The van der Waals surface area contributed by atoms with Gasteiger partial charge < -0.3 is 10.2 Å². The van der Waals surface area contributed by atoms with Gasteiger partial charge in [0, 0.05) is 27.2 Å². The molecule has 8 nitrogen and oxygen atoms in total. The van der Waals surface area contributed by atoms with Gasteiger partial charge in [0.1, 0.15) is 6.10 Å². The Balaban J connectivity index is 1.88. The lowest BCUT2D eigenvalue weighted by Crippen LogP contribution is -2.35. The Morgan fingerprint density at radius 3 is 2.77 bits per heavy atom. The molecule has 1 aliphatic rings. The molecule has 9 heteroatoms. The Kier molecular flexibility index (Phi) is 5.56. The molecule has 2 N–H and O–H groups in total. The predicted molar refractivity (Wildman–Crippen MR) is 81.6 cm³/mol. The summed E-state index contributed by atoms with van der Waals surface area (Å²) in [6.45, 7) is 2.53. The highest BCUT2D eigenvalue weighted by molar-refractivity contribution is 7.89. The van der Waals surface area contributed by atoms with Crippen molar-refractivity contribution in [2.45, 2.75) is 25.6 Å². The standard InChI is InChI=1S/C13H24N4O4S/c1-15(2)22(20,21)7-3-4-16-5-6-17-11(9-16)8-12(14-17)13(19)10-18/h8,13,18-19H,3-7,9-10H2,1-2H3/t13-/m0/s1. The monoisotopic (exact) mass is 332 g/mol. The second kappa shape index (κ2) is 7.05. The molecule has 0 bridgehead atoms. The van der Waals surface area contributed by atoms with Crippen LogP contribution in [0.25, 0.3) is 0 Å². The molecule has 0 fully saturated rings. The maximum Gasteiger partial charge on any atom is 0.213 e. The molecule has 2 rings (SSSR count). The number of sulfonamides is 1. The molecule has 0 amide bonds. The SMILES string of the molecule is CN(C)S(=O)(=O)CCCN1CCn2nc([C@@H](O)CO)cc2C1. The van der Waals surface area contributed by atoms with Gasteiger partial charge in [0.25, 0.3) is 0 Å². The number of aliphatic hydroxyl groups is 2. The molecule has 0 radical (unpaired) electrons. The second-order valence-corrected chi connectivity index (χ2v) is 8.01. The van der Waals surface area contributed by atoms with E-state index in [1.807, 2.05) is 4.68 Å². The van der Waals surface area contributed by atoms with E-state index in [1.54, 1.807) is 20.2 Å². The first-order valence-corrected chi connectivity index (χ1v) is 8.92. The van der Waals surface area contributed by atoms with Gasteiger partial charge in [0.2, 0.25) is 10.0 Å². The topological polar surface area (TPSA) is 98.9 Å². The van der Waals surface area contributed by atoms with Crippen LogP contribution in [0.15, 0.2) is 6.07 Å². The van der Waals surface area contributed by atoms with Crippen LogP contribution in [0.4, 0.5) is 0 Å². The van der Waals surface area contributed by atoms with Crippen molar-refractivity contribution >= 4 is 10.0 Å². The molecule has 22 heavy (non-hydrogen) atoms. The van der Waals surface area contributed by atoms with Crippen LogP contribution in [0.1, 0.15) is 23.9 Å². The summed E-state index contributed by atoms with van der Waals surface area (Å²) < 4.78 is 26.5. The minimum Gasteiger partial charge on any atom is -0.393 e. The molecule has 126 valence electrons. The van der Waals surface area contributed by atoms with Crippen molar-refractivity contribution in [3.63, 3.8) is 0 Å². The fourth-order valence-corrected chi connectivity index (χ4v) is 3.30. The summed E-state index contributed by atoms with van der Waals surface area (Å²) in [4.78, 5) is 2.18.